The second-order valence-electron chi connectivity index (χ2n) is 16.0. The van der Waals surface area contributed by atoms with Gasteiger partial charge in [0.15, 0.2) is 0 Å². The normalized spacial score (nSPS) is 11.5. The first-order valence-corrected chi connectivity index (χ1v) is 21.5. The molecule has 0 unspecified atom stereocenters. The lowest BCUT2D eigenvalue weighted by Gasteiger charge is -2.32. The molecular formula is C60H40N2O. The van der Waals surface area contributed by atoms with Gasteiger partial charge in [-0.15, -0.1) is 0 Å². The minimum Gasteiger partial charge on any atom is -0.455 e. The Labute approximate surface area is 366 Å². The molecule has 0 atom stereocenters. The summed E-state index contributed by atoms with van der Waals surface area (Å²) in [4.78, 5) is 2.52. The Morgan fingerprint density at radius 2 is 0.825 bits per heavy atom. The van der Waals surface area contributed by atoms with E-state index in [2.05, 4.69) is 246 Å². The number of fused-ring (bicyclic) bond motifs is 6. The summed E-state index contributed by atoms with van der Waals surface area (Å²) in [6, 6.07) is 87.2. The summed E-state index contributed by atoms with van der Waals surface area (Å²) in [5.74, 6) is 0. The number of aromatic nitrogens is 1. The number of anilines is 3. The number of rotatable bonds is 8. The first kappa shape index (κ1) is 36.5. The molecule has 63 heavy (non-hydrogen) atoms. The highest BCUT2D eigenvalue weighted by molar-refractivity contribution is 6.18. The maximum absolute atomic E-state index is 6.78. The van der Waals surface area contributed by atoms with Crippen LogP contribution in [0.15, 0.2) is 247 Å². The number of hydrogen-bond acceptors (Lipinski definition) is 2. The van der Waals surface area contributed by atoms with Crippen molar-refractivity contribution in [2.45, 2.75) is 0 Å². The van der Waals surface area contributed by atoms with E-state index < -0.39 is 0 Å². The van der Waals surface area contributed by atoms with Crippen LogP contribution in [-0.2, 0) is 0 Å². The molecule has 12 rings (SSSR count). The minimum absolute atomic E-state index is 0.873. The van der Waals surface area contributed by atoms with Gasteiger partial charge in [-0.1, -0.05) is 194 Å². The largest absolute Gasteiger partial charge is 0.455 e. The predicted molar refractivity (Wildman–Crippen MR) is 264 cm³/mol. The highest BCUT2D eigenvalue weighted by atomic mass is 16.3. The van der Waals surface area contributed by atoms with E-state index in [-0.39, 0.29) is 0 Å². The second-order valence-corrected chi connectivity index (χ2v) is 16.0. The number of furan rings is 1. The zero-order chi connectivity index (χ0) is 41.7. The number of nitrogens with zero attached hydrogens (tertiary/aromatic N) is 2. The molecule has 10 aromatic carbocycles. The van der Waals surface area contributed by atoms with Gasteiger partial charge in [-0.05, 0) is 76.3 Å². The van der Waals surface area contributed by atoms with Crippen LogP contribution in [0.25, 0.3) is 93.9 Å². The summed E-state index contributed by atoms with van der Waals surface area (Å²) < 4.78 is 9.18. The van der Waals surface area contributed by atoms with Crippen molar-refractivity contribution in [1.82, 2.24) is 4.57 Å². The maximum Gasteiger partial charge on any atom is 0.143 e. The molecule has 0 bridgehead atoms. The molecule has 3 heteroatoms. The van der Waals surface area contributed by atoms with Crippen LogP contribution < -0.4 is 4.90 Å². The van der Waals surface area contributed by atoms with Crippen molar-refractivity contribution >= 4 is 60.8 Å². The number of benzene rings is 10. The van der Waals surface area contributed by atoms with Gasteiger partial charge in [0.2, 0.25) is 0 Å². The number of para-hydroxylation sites is 5. The van der Waals surface area contributed by atoms with Crippen LogP contribution in [0.2, 0.25) is 0 Å². The number of hydrogen-bond donors (Lipinski definition) is 0. The fourth-order valence-electron chi connectivity index (χ4n) is 9.73. The predicted octanol–water partition coefficient (Wildman–Crippen LogP) is 16.8. The van der Waals surface area contributed by atoms with E-state index in [1.165, 1.54) is 21.9 Å². The van der Waals surface area contributed by atoms with Crippen LogP contribution in [0.4, 0.5) is 17.1 Å². The molecule has 2 aromatic heterocycles. The first-order chi connectivity index (χ1) is 31.3. The van der Waals surface area contributed by atoms with Gasteiger partial charge in [0.25, 0.3) is 0 Å². The molecule has 0 fully saturated rings. The van der Waals surface area contributed by atoms with Crippen molar-refractivity contribution in [3.05, 3.63) is 243 Å². The SMILES string of the molecule is c1ccc(-c2ccccc2-c2c(-c3ccccc3)cccc2N(c2ccccc2-c2cccc3c2oc2ccccc23)c2cccc3c2c2ccccc2n3-c2ccccc2)cc1. The van der Waals surface area contributed by atoms with Crippen molar-refractivity contribution in [3.8, 4) is 50.2 Å². The average Bonchev–Trinajstić information content (AvgIpc) is 3.92. The first-order valence-electron chi connectivity index (χ1n) is 21.5. The molecule has 2 heterocycles. The lowest BCUT2D eigenvalue weighted by atomic mass is 9.87. The van der Waals surface area contributed by atoms with E-state index in [1.807, 2.05) is 6.07 Å². The molecular weight excluding hydrogens is 765 g/mol. The van der Waals surface area contributed by atoms with E-state index in [0.717, 1.165) is 89.1 Å². The second kappa shape index (κ2) is 15.3. The van der Waals surface area contributed by atoms with Crippen molar-refractivity contribution in [2.75, 3.05) is 4.90 Å². The summed E-state index contributed by atoms with van der Waals surface area (Å²) in [6.45, 7) is 0. The fraction of sp³-hybridized carbons (Fsp3) is 0. The third-order valence-corrected chi connectivity index (χ3v) is 12.4. The van der Waals surface area contributed by atoms with E-state index in [1.54, 1.807) is 0 Å². The zero-order valence-electron chi connectivity index (χ0n) is 34.4. The Hall–Kier alpha value is -8.40. The van der Waals surface area contributed by atoms with E-state index in [0.29, 0.717) is 0 Å². The van der Waals surface area contributed by atoms with E-state index in [4.69, 9.17) is 4.42 Å². The Morgan fingerprint density at radius 3 is 1.62 bits per heavy atom. The maximum atomic E-state index is 6.78. The molecule has 296 valence electrons. The van der Waals surface area contributed by atoms with Gasteiger partial charge in [-0.3, -0.25) is 0 Å². The Kier molecular flexibility index (Phi) is 8.83. The Bertz CT molecular complexity index is 3620. The molecule has 0 spiro atoms. The van der Waals surface area contributed by atoms with Gasteiger partial charge in [-0.2, -0.15) is 0 Å². The molecule has 0 N–H and O–H groups in total. The van der Waals surface area contributed by atoms with Crippen LogP contribution in [-0.4, -0.2) is 4.57 Å². The molecule has 0 amide bonds. The van der Waals surface area contributed by atoms with Crippen molar-refractivity contribution in [3.63, 3.8) is 0 Å². The molecule has 12 aromatic rings. The quantitative estimate of drug-likeness (QED) is 0.153. The molecule has 0 saturated heterocycles. The van der Waals surface area contributed by atoms with Gasteiger partial charge in [-0.25, -0.2) is 0 Å². The fourth-order valence-corrected chi connectivity index (χ4v) is 9.73. The summed E-state index contributed by atoms with van der Waals surface area (Å²) in [5.41, 5.74) is 17.4. The highest BCUT2D eigenvalue weighted by Crippen LogP contribution is 2.52. The standard InChI is InChI=1S/C60H40N2O/c1-4-21-41(22-5-1)44-27-10-11-30-48(44)58-45(42-23-6-2-7-24-42)32-19-37-54(58)62(52-35-15-12-28-46(52)49-33-18-34-50-47-29-14-17-40-57(47)63-60(49)50)56-39-20-38-55-59(56)51-31-13-16-36-53(51)61(55)43-25-8-3-9-26-43/h1-40H. The summed E-state index contributed by atoms with van der Waals surface area (Å²) in [6.07, 6.45) is 0. The third kappa shape index (κ3) is 6.05. The molecule has 0 radical (unpaired) electrons. The summed E-state index contributed by atoms with van der Waals surface area (Å²) in [7, 11) is 0. The van der Waals surface area contributed by atoms with Crippen LogP contribution in [0.5, 0.6) is 0 Å². The van der Waals surface area contributed by atoms with E-state index >= 15 is 0 Å². The molecule has 0 aliphatic rings. The topological polar surface area (TPSA) is 21.3 Å². The van der Waals surface area contributed by atoms with Crippen LogP contribution >= 0.6 is 0 Å². The Balaban J connectivity index is 1.23. The van der Waals surface area contributed by atoms with Crippen LogP contribution in [0.3, 0.4) is 0 Å². The third-order valence-electron chi connectivity index (χ3n) is 12.4. The van der Waals surface area contributed by atoms with Crippen molar-refractivity contribution < 1.29 is 4.42 Å². The molecule has 3 nitrogen and oxygen atoms in total. The molecule has 0 aliphatic carbocycles. The van der Waals surface area contributed by atoms with Gasteiger partial charge in [0.1, 0.15) is 11.2 Å². The van der Waals surface area contributed by atoms with Crippen molar-refractivity contribution in [1.29, 1.82) is 0 Å². The van der Waals surface area contributed by atoms with Gasteiger partial charge in [0, 0.05) is 43.9 Å². The summed E-state index contributed by atoms with van der Waals surface area (Å²) in [5, 5.41) is 4.55. The van der Waals surface area contributed by atoms with Crippen LogP contribution in [0, 0.1) is 0 Å². The van der Waals surface area contributed by atoms with Gasteiger partial charge in [0.05, 0.1) is 28.1 Å². The minimum atomic E-state index is 0.873. The molecule has 0 saturated carbocycles. The van der Waals surface area contributed by atoms with Crippen LogP contribution in [0.1, 0.15) is 0 Å². The lowest BCUT2D eigenvalue weighted by Crippen LogP contribution is -2.13. The average molecular weight is 805 g/mol. The highest BCUT2D eigenvalue weighted by Gasteiger charge is 2.28. The van der Waals surface area contributed by atoms with E-state index in [9.17, 15) is 0 Å². The van der Waals surface area contributed by atoms with Gasteiger partial charge >= 0.3 is 0 Å². The zero-order valence-corrected chi connectivity index (χ0v) is 34.4. The lowest BCUT2D eigenvalue weighted by molar-refractivity contribution is 0.670. The smallest absolute Gasteiger partial charge is 0.143 e. The molecule has 0 aliphatic heterocycles. The summed E-state index contributed by atoms with van der Waals surface area (Å²) >= 11 is 0. The monoisotopic (exact) mass is 804 g/mol. The van der Waals surface area contributed by atoms with Crippen molar-refractivity contribution in [2.24, 2.45) is 0 Å². The van der Waals surface area contributed by atoms with Gasteiger partial charge < -0.3 is 13.9 Å². The Morgan fingerprint density at radius 1 is 0.317 bits per heavy atom.